The van der Waals surface area contributed by atoms with Crippen molar-refractivity contribution in [2.45, 2.75) is 33.1 Å². The van der Waals surface area contributed by atoms with E-state index in [4.69, 9.17) is 9.47 Å². The number of carbonyl (C=O) groups is 1. The van der Waals surface area contributed by atoms with Crippen molar-refractivity contribution < 1.29 is 14.3 Å². The zero-order valence-corrected chi connectivity index (χ0v) is 9.12. The van der Waals surface area contributed by atoms with Gasteiger partial charge in [-0.2, -0.15) is 0 Å². The van der Waals surface area contributed by atoms with Crippen LogP contribution >= 0.6 is 0 Å². The molecule has 0 saturated carbocycles. The van der Waals surface area contributed by atoms with Crippen LogP contribution in [0.5, 0.6) is 0 Å². The molecule has 0 atom stereocenters. The lowest BCUT2D eigenvalue weighted by Gasteiger charge is -2.02. The van der Waals surface area contributed by atoms with Gasteiger partial charge in [-0.1, -0.05) is 6.08 Å². The number of hydrogen-bond acceptors (Lipinski definition) is 3. The standard InChI is InChI=1S/C11H20O3/c1-3-8-11(12)14-10-7-5-6-9-13-4-2/h3,8H,4-7,9-10H2,1-2H3/b8-3+. The Morgan fingerprint density at radius 3 is 2.57 bits per heavy atom. The van der Waals surface area contributed by atoms with E-state index in [9.17, 15) is 4.79 Å². The van der Waals surface area contributed by atoms with E-state index in [1.54, 1.807) is 13.0 Å². The van der Waals surface area contributed by atoms with Crippen LogP contribution in [0.1, 0.15) is 33.1 Å². The fourth-order valence-electron chi connectivity index (χ4n) is 0.984. The highest BCUT2D eigenvalue weighted by Crippen LogP contribution is 1.97. The molecule has 0 radical (unpaired) electrons. The van der Waals surface area contributed by atoms with Crippen molar-refractivity contribution in [3.8, 4) is 0 Å². The van der Waals surface area contributed by atoms with Gasteiger partial charge in [-0.15, -0.1) is 0 Å². The van der Waals surface area contributed by atoms with E-state index in [-0.39, 0.29) is 5.97 Å². The molecule has 0 aliphatic heterocycles. The van der Waals surface area contributed by atoms with Crippen LogP contribution in [-0.4, -0.2) is 25.8 Å². The highest BCUT2D eigenvalue weighted by molar-refractivity contribution is 5.81. The third-order valence-corrected chi connectivity index (χ3v) is 1.68. The Kier molecular flexibility index (Phi) is 9.64. The molecule has 0 rings (SSSR count). The number of esters is 1. The number of unbranched alkanes of at least 4 members (excludes halogenated alkanes) is 2. The highest BCUT2D eigenvalue weighted by Gasteiger charge is 1.95. The van der Waals surface area contributed by atoms with Gasteiger partial charge in [-0.25, -0.2) is 4.79 Å². The maximum Gasteiger partial charge on any atom is 0.330 e. The molecular weight excluding hydrogens is 180 g/mol. The highest BCUT2D eigenvalue weighted by atomic mass is 16.5. The van der Waals surface area contributed by atoms with Crippen LogP contribution in [0.25, 0.3) is 0 Å². The molecule has 0 aromatic carbocycles. The molecule has 0 bridgehead atoms. The summed E-state index contributed by atoms with van der Waals surface area (Å²) < 4.78 is 10.1. The molecule has 0 saturated heterocycles. The molecule has 0 heterocycles. The molecule has 0 unspecified atom stereocenters. The average Bonchev–Trinajstić information content (AvgIpc) is 2.17. The maximum atomic E-state index is 10.8. The minimum atomic E-state index is -0.252. The maximum absolute atomic E-state index is 10.8. The Labute approximate surface area is 86.1 Å². The minimum Gasteiger partial charge on any atom is -0.463 e. The van der Waals surface area contributed by atoms with Gasteiger partial charge in [0, 0.05) is 19.3 Å². The molecule has 0 aliphatic carbocycles. The van der Waals surface area contributed by atoms with Crippen LogP contribution in [0, 0.1) is 0 Å². The summed E-state index contributed by atoms with van der Waals surface area (Å²) in [6.45, 7) is 5.87. The van der Waals surface area contributed by atoms with Crippen molar-refractivity contribution in [3.05, 3.63) is 12.2 Å². The average molecular weight is 200 g/mol. The topological polar surface area (TPSA) is 35.5 Å². The first-order valence-corrected chi connectivity index (χ1v) is 5.18. The van der Waals surface area contributed by atoms with Crippen LogP contribution < -0.4 is 0 Å². The lowest BCUT2D eigenvalue weighted by atomic mass is 10.2. The summed E-state index contributed by atoms with van der Waals surface area (Å²) in [5.41, 5.74) is 0. The molecule has 82 valence electrons. The zero-order valence-electron chi connectivity index (χ0n) is 9.12. The molecule has 0 spiro atoms. The summed E-state index contributed by atoms with van der Waals surface area (Å²) in [4.78, 5) is 10.8. The largest absolute Gasteiger partial charge is 0.463 e. The Morgan fingerprint density at radius 1 is 1.21 bits per heavy atom. The normalized spacial score (nSPS) is 10.7. The lowest BCUT2D eigenvalue weighted by molar-refractivity contribution is -0.137. The van der Waals surface area contributed by atoms with Gasteiger partial charge < -0.3 is 9.47 Å². The predicted octanol–water partition coefficient (Wildman–Crippen LogP) is 2.31. The van der Waals surface area contributed by atoms with Gasteiger partial charge in [0.2, 0.25) is 0 Å². The van der Waals surface area contributed by atoms with Crippen LogP contribution in [0.15, 0.2) is 12.2 Å². The zero-order chi connectivity index (χ0) is 10.6. The third-order valence-electron chi connectivity index (χ3n) is 1.68. The summed E-state index contributed by atoms with van der Waals surface area (Å²) in [6, 6.07) is 0. The Bertz CT molecular complexity index is 164. The molecular formula is C11H20O3. The Hall–Kier alpha value is -0.830. The van der Waals surface area contributed by atoms with E-state index in [0.717, 1.165) is 32.5 Å². The number of allylic oxidation sites excluding steroid dienone is 1. The molecule has 0 amide bonds. The van der Waals surface area contributed by atoms with Gasteiger partial charge >= 0.3 is 5.97 Å². The third kappa shape index (κ3) is 9.26. The van der Waals surface area contributed by atoms with Gasteiger partial charge in [0.1, 0.15) is 0 Å². The molecule has 3 nitrogen and oxygen atoms in total. The van der Waals surface area contributed by atoms with E-state index in [1.807, 2.05) is 6.92 Å². The van der Waals surface area contributed by atoms with Crippen molar-refractivity contribution in [1.29, 1.82) is 0 Å². The first kappa shape index (κ1) is 13.2. The molecule has 3 heteroatoms. The number of ether oxygens (including phenoxy) is 2. The summed E-state index contributed by atoms with van der Waals surface area (Å²) in [5.74, 6) is -0.252. The second-order valence-electron chi connectivity index (χ2n) is 2.93. The first-order chi connectivity index (χ1) is 6.81. The molecule has 0 N–H and O–H groups in total. The van der Waals surface area contributed by atoms with Crippen LogP contribution in [0.2, 0.25) is 0 Å². The van der Waals surface area contributed by atoms with E-state index in [2.05, 4.69) is 0 Å². The second-order valence-corrected chi connectivity index (χ2v) is 2.93. The van der Waals surface area contributed by atoms with Crippen LogP contribution in [0.4, 0.5) is 0 Å². The summed E-state index contributed by atoms with van der Waals surface area (Å²) in [5, 5.41) is 0. The SMILES string of the molecule is C/C=C/C(=O)OCCCCCOCC. The molecule has 14 heavy (non-hydrogen) atoms. The van der Waals surface area contributed by atoms with E-state index >= 15 is 0 Å². The van der Waals surface area contributed by atoms with Crippen LogP contribution in [0.3, 0.4) is 0 Å². The molecule has 0 aromatic heterocycles. The van der Waals surface area contributed by atoms with Crippen LogP contribution in [-0.2, 0) is 14.3 Å². The number of rotatable bonds is 8. The number of carbonyl (C=O) groups excluding carboxylic acids is 1. The monoisotopic (exact) mass is 200 g/mol. The van der Waals surface area contributed by atoms with Crippen molar-refractivity contribution in [1.82, 2.24) is 0 Å². The van der Waals surface area contributed by atoms with Gasteiger partial charge in [-0.05, 0) is 33.1 Å². The lowest BCUT2D eigenvalue weighted by Crippen LogP contribution is -2.02. The van der Waals surface area contributed by atoms with Crippen molar-refractivity contribution >= 4 is 5.97 Å². The summed E-state index contributed by atoms with van der Waals surface area (Å²) in [7, 11) is 0. The fraction of sp³-hybridized carbons (Fsp3) is 0.727. The first-order valence-electron chi connectivity index (χ1n) is 5.18. The van der Waals surface area contributed by atoms with Gasteiger partial charge in [0.15, 0.2) is 0 Å². The van der Waals surface area contributed by atoms with Crippen molar-refractivity contribution in [2.75, 3.05) is 19.8 Å². The molecule has 0 fully saturated rings. The van der Waals surface area contributed by atoms with E-state index in [0.29, 0.717) is 6.61 Å². The van der Waals surface area contributed by atoms with Gasteiger partial charge in [-0.3, -0.25) is 0 Å². The quantitative estimate of drug-likeness (QED) is 0.342. The van der Waals surface area contributed by atoms with Crippen molar-refractivity contribution in [2.24, 2.45) is 0 Å². The second kappa shape index (κ2) is 10.3. The number of hydrogen-bond donors (Lipinski definition) is 0. The smallest absolute Gasteiger partial charge is 0.330 e. The minimum absolute atomic E-state index is 0.252. The van der Waals surface area contributed by atoms with Gasteiger partial charge in [0.05, 0.1) is 6.61 Å². The summed E-state index contributed by atoms with van der Waals surface area (Å²) in [6.07, 6.45) is 6.10. The van der Waals surface area contributed by atoms with E-state index < -0.39 is 0 Å². The summed E-state index contributed by atoms with van der Waals surface area (Å²) >= 11 is 0. The molecule has 0 aromatic rings. The van der Waals surface area contributed by atoms with Crippen molar-refractivity contribution in [3.63, 3.8) is 0 Å². The molecule has 0 aliphatic rings. The predicted molar refractivity (Wildman–Crippen MR) is 56.1 cm³/mol. The Morgan fingerprint density at radius 2 is 1.93 bits per heavy atom. The van der Waals surface area contributed by atoms with Gasteiger partial charge in [0.25, 0.3) is 0 Å². The fourth-order valence-corrected chi connectivity index (χ4v) is 0.984. The van der Waals surface area contributed by atoms with E-state index in [1.165, 1.54) is 6.08 Å². The Balaban J connectivity index is 3.09.